The van der Waals surface area contributed by atoms with Crippen LogP contribution in [0.1, 0.15) is 34.6 Å². The molecule has 1 aromatic carbocycles. The lowest BCUT2D eigenvalue weighted by atomic mass is 9.97. The van der Waals surface area contributed by atoms with Crippen molar-refractivity contribution in [1.82, 2.24) is 0 Å². The number of hydrogen-bond donors (Lipinski definition) is 1. The van der Waals surface area contributed by atoms with Gasteiger partial charge in [-0.1, -0.05) is 20.8 Å². The molecule has 1 N–H and O–H groups in total. The Balaban J connectivity index is 2.09. The van der Waals surface area contributed by atoms with Crippen molar-refractivity contribution >= 4 is 5.69 Å². The predicted molar refractivity (Wildman–Crippen MR) is 69.7 cm³/mol. The third-order valence-corrected chi connectivity index (χ3v) is 2.48. The standard InChI is InChI=1S/C14H21NO2/c1-13(2,3)9-15-10-6-7-11-12(8-10)17-14(4,5)16-11/h6-8,15H,9H2,1-5H3. The summed E-state index contributed by atoms with van der Waals surface area (Å²) < 4.78 is 11.3. The first-order valence-electron chi connectivity index (χ1n) is 6.01. The molecule has 0 aliphatic carbocycles. The van der Waals surface area contributed by atoms with E-state index in [2.05, 4.69) is 26.1 Å². The van der Waals surface area contributed by atoms with E-state index in [1.807, 2.05) is 32.0 Å². The minimum absolute atomic E-state index is 0.260. The van der Waals surface area contributed by atoms with Gasteiger partial charge < -0.3 is 14.8 Å². The quantitative estimate of drug-likeness (QED) is 0.848. The van der Waals surface area contributed by atoms with Crippen molar-refractivity contribution in [2.24, 2.45) is 5.41 Å². The first kappa shape index (κ1) is 12.1. The summed E-state index contributed by atoms with van der Waals surface area (Å²) in [6.45, 7) is 11.4. The first-order chi connectivity index (χ1) is 7.75. The summed E-state index contributed by atoms with van der Waals surface area (Å²) in [7, 11) is 0. The summed E-state index contributed by atoms with van der Waals surface area (Å²) >= 11 is 0. The Bertz CT molecular complexity index is 419. The van der Waals surface area contributed by atoms with Crippen molar-refractivity contribution < 1.29 is 9.47 Å². The topological polar surface area (TPSA) is 30.5 Å². The summed E-state index contributed by atoms with van der Waals surface area (Å²) in [4.78, 5) is 0. The molecule has 17 heavy (non-hydrogen) atoms. The molecule has 0 fully saturated rings. The molecule has 94 valence electrons. The molecular formula is C14H21NO2. The lowest BCUT2D eigenvalue weighted by Gasteiger charge is -2.19. The highest BCUT2D eigenvalue weighted by Crippen LogP contribution is 2.40. The number of rotatable bonds is 2. The molecule has 0 unspecified atom stereocenters. The summed E-state index contributed by atoms with van der Waals surface area (Å²) in [6.07, 6.45) is 0. The van der Waals surface area contributed by atoms with E-state index in [1.54, 1.807) is 0 Å². The Morgan fingerprint density at radius 2 is 1.76 bits per heavy atom. The first-order valence-corrected chi connectivity index (χ1v) is 6.01. The summed E-state index contributed by atoms with van der Waals surface area (Å²) in [6, 6.07) is 5.97. The van der Waals surface area contributed by atoms with E-state index in [1.165, 1.54) is 0 Å². The molecule has 0 radical (unpaired) electrons. The van der Waals surface area contributed by atoms with Crippen LogP contribution in [-0.4, -0.2) is 12.3 Å². The highest BCUT2D eigenvalue weighted by Gasteiger charge is 2.31. The van der Waals surface area contributed by atoms with Gasteiger partial charge in [-0.25, -0.2) is 0 Å². The van der Waals surface area contributed by atoms with Crippen molar-refractivity contribution in [2.45, 2.75) is 40.4 Å². The van der Waals surface area contributed by atoms with Gasteiger partial charge in [-0.3, -0.25) is 0 Å². The average molecular weight is 235 g/mol. The largest absolute Gasteiger partial charge is 0.449 e. The third-order valence-electron chi connectivity index (χ3n) is 2.48. The van der Waals surface area contributed by atoms with Gasteiger partial charge in [0, 0.05) is 32.1 Å². The van der Waals surface area contributed by atoms with E-state index >= 15 is 0 Å². The van der Waals surface area contributed by atoms with Crippen molar-refractivity contribution in [2.75, 3.05) is 11.9 Å². The van der Waals surface area contributed by atoms with Gasteiger partial charge in [0.1, 0.15) is 0 Å². The maximum absolute atomic E-state index is 5.70. The molecule has 0 amide bonds. The van der Waals surface area contributed by atoms with Crippen LogP contribution in [-0.2, 0) is 0 Å². The van der Waals surface area contributed by atoms with E-state index in [4.69, 9.17) is 9.47 Å². The number of hydrogen-bond acceptors (Lipinski definition) is 3. The van der Waals surface area contributed by atoms with Crippen LogP contribution in [0, 0.1) is 5.41 Å². The second kappa shape index (κ2) is 3.83. The van der Waals surface area contributed by atoms with Crippen molar-refractivity contribution in [3.05, 3.63) is 18.2 Å². The lowest BCUT2D eigenvalue weighted by molar-refractivity contribution is -0.0431. The number of fused-ring (bicyclic) bond motifs is 1. The smallest absolute Gasteiger partial charge is 0.246 e. The molecule has 1 aromatic rings. The zero-order valence-corrected chi connectivity index (χ0v) is 11.3. The van der Waals surface area contributed by atoms with Gasteiger partial charge in [-0.2, -0.15) is 0 Å². The normalized spacial score (nSPS) is 17.0. The molecule has 0 spiro atoms. The van der Waals surface area contributed by atoms with Crippen LogP contribution in [0.25, 0.3) is 0 Å². The predicted octanol–water partition coefficient (Wildman–Crippen LogP) is 3.65. The van der Waals surface area contributed by atoms with Gasteiger partial charge in [0.2, 0.25) is 5.79 Å². The molecule has 0 atom stereocenters. The molecular weight excluding hydrogens is 214 g/mol. The number of anilines is 1. The molecule has 2 rings (SSSR count). The van der Waals surface area contributed by atoms with Gasteiger partial charge in [0.05, 0.1) is 0 Å². The minimum Gasteiger partial charge on any atom is -0.449 e. The Morgan fingerprint density at radius 1 is 1.12 bits per heavy atom. The van der Waals surface area contributed by atoms with Gasteiger partial charge >= 0.3 is 0 Å². The number of benzene rings is 1. The molecule has 3 heteroatoms. The summed E-state index contributed by atoms with van der Waals surface area (Å²) in [5, 5.41) is 3.41. The zero-order chi connectivity index (χ0) is 12.7. The van der Waals surface area contributed by atoms with Crippen LogP contribution < -0.4 is 14.8 Å². The lowest BCUT2D eigenvalue weighted by Crippen LogP contribution is -2.29. The van der Waals surface area contributed by atoms with Gasteiger partial charge in [0.15, 0.2) is 11.5 Å². The number of ether oxygens (including phenoxy) is 2. The Morgan fingerprint density at radius 3 is 2.41 bits per heavy atom. The van der Waals surface area contributed by atoms with E-state index < -0.39 is 5.79 Å². The van der Waals surface area contributed by atoms with Crippen LogP contribution in [0.4, 0.5) is 5.69 Å². The molecule has 0 aromatic heterocycles. The number of nitrogens with one attached hydrogen (secondary N) is 1. The van der Waals surface area contributed by atoms with Gasteiger partial charge in [0.25, 0.3) is 0 Å². The van der Waals surface area contributed by atoms with Gasteiger partial charge in [-0.15, -0.1) is 0 Å². The van der Waals surface area contributed by atoms with Gasteiger partial charge in [-0.05, 0) is 17.5 Å². The highest BCUT2D eigenvalue weighted by molar-refractivity contribution is 5.56. The van der Waals surface area contributed by atoms with E-state index in [9.17, 15) is 0 Å². The van der Waals surface area contributed by atoms with Crippen LogP contribution in [0.2, 0.25) is 0 Å². The molecule has 0 saturated heterocycles. The van der Waals surface area contributed by atoms with E-state index in [-0.39, 0.29) is 5.41 Å². The van der Waals surface area contributed by atoms with Crippen molar-refractivity contribution in [1.29, 1.82) is 0 Å². The zero-order valence-electron chi connectivity index (χ0n) is 11.3. The Labute approximate surface area is 103 Å². The van der Waals surface area contributed by atoms with Crippen LogP contribution in [0.5, 0.6) is 11.5 Å². The maximum Gasteiger partial charge on any atom is 0.246 e. The summed E-state index contributed by atoms with van der Waals surface area (Å²) in [5.74, 6) is 1.08. The molecule has 0 saturated carbocycles. The summed E-state index contributed by atoms with van der Waals surface area (Å²) in [5.41, 5.74) is 1.33. The van der Waals surface area contributed by atoms with Crippen LogP contribution >= 0.6 is 0 Å². The molecule has 0 bridgehead atoms. The van der Waals surface area contributed by atoms with Crippen LogP contribution in [0.15, 0.2) is 18.2 Å². The maximum atomic E-state index is 5.70. The van der Waals surface area contributed by atoms with Crippen molar-refractivity contribution in [3.8, 4) is 11.5 Å². The second-order valence-corrected chi connectivity index (χ2v) is 6.18. The van der Waals surface area contributed by atoms with Crippen molar-refractivity contribution in [3.63, 3.8) is 0 Å². The second-order valence-electron chi connectivity index (χ2n) is 6.18. The third kappa shape index (κ3) is 3.05. The van der Waals surface area contributed by atoms with E-state index in [0.29, 0.717) is 0 Å². The fourth-order valence-corrected chi connectivity index (χ4v) is 1.70. The van der Waals surface area contributed by atoms with Crippen LogP contribution in [0.3, 0.4) is 0 Å². The fourth-order valence-electron chi connectivity index (χ4n) is 1.70. The molecule has 1 aliphatic heterocycles. The molecule has 1 aliphatic rings. The SMILES string of the molecule is CC(C)(C)CNc1ccc2c(c1)OC(C)(C)O2. The highest BCUT2D eigenvalue weighted by atomic mass is 16.7. The fraction of sp³-hybridized carbons (Fsp3) is 0.571. The minimum atomic E-state index is -0.551. The monoisotopic (exact) mass is 235 g/mol. The molecule has 3 nitrogen and oxygen atoms in total. The van der Waals surface area contributed by atoms with E-state index in [0.717, 1.165) is 23.7 Å². The Kier molecular flexibility index (Phi) is 2.72. The average Bonchev–Trinajstić information content (AvgIpc) is 2.46. The molecule has 1 heterocycles. The Hall–Kier alpha value is -1.38.